The van der Waals surface area contributed by atoms with Gasteiger partial charge in [0.05, 0.1) is 0 Å². The Balaban J connectivity index is 1.95. The first-order chi connectivity index (χ1) is 9.52. The largest absolute Gasteiger partial charge is 0.341 e. The Morgan fingerprint density at radius 3 is 2.65 bits per heavy atom. The molecule has 1 aliphatic heterocycles. The number of likely N-dealkylation sites (N-methyl/N-ethyl adjacent to an activating group) is 1. The second kappa shape index (κ2) is 6.93. The van der Waals surface area contributed by atoms with Crippen molar-refractivity contribution in [2.75, 3.05) is 19.6 Å². The standard InChI is InChI=1S/C17H32N2O/c1-4-18-15(14-7-5-6-8-14)13-19-12-11-17(2,3)10-9-16(19)20/h14-15,18H,4-13H2,1-3H3. The summed E-state index contributed by atoms with van der Waals surface area (Å²) in [4.78, 5) is 14.5. The second-order valence-electron chi connectivity index (χ2n) is 7.46. The van der Waals surface area contributed by atoms with E-state index in [4.69, 9.17) is 0 Å². The molecule has 2 fully saturated rings. The summed E-state index contributed by atoms with van der Waals surface area (Å²) in [6.07, 6.45) is 8.33. The van der Waals surface area contributed by atoms with Gasteiger partial charge in [-0.15, -0.1) is 0 Å². The normalized spacial score (nSPS) is 25.8. The van der Waals surface area contributed by atoms with Crippen molar-refractivity contribution in [1.82, 2.24) is 10.2 Å². The zero-order valence-corrected chi connectivity index (χ0v) is 13.6. The van der Waals surface area contributed by atoms with Gasteiger partial charge in [-0.3, -0.25) is 4.79 Å². The Labute approximate surface area is 124 Å². The van der Waals surface area contributed by atoms with Crippen molar-refractivity contribution in [3.05, 3.63) is 0 Å². The quantitative estimate of drug-likeness (QED) is 0.839. The maximum Gasteiger partial charge on any atom is 0.222 e. The van der Waals surface area contributed by atoms with Crippen LogP contribution in [0.2, 0.25) is 0 Å². The summed E-state index contributed by atoms with van der Waals surface area (Å²) < 4.78 is 0. The molecular weight excluding hydrogens is 248 g/mol. The van der Waals surface area contributed by atoms with E-state index in [0.717, 1.165) is 44.8 Å². The Morgan fingerprint density at radius 1 is 1.30 bits per heavy atom. The average molecular weight is 280 g/mol. The lowest BCUT2D eigenvalue weighted by atomic mass is 9.85. The molecule has 0 aromatic rings. The van der Waals surface area contributed by atoms with Gasteiger partial charge in [0.15, 0.2) is 0 Å². The average Bonchev–Trinajstić information content (AvgIpc) is 2.89. The van der Waals surface area contributed by atoms with E-state index in [1.165, 1.54) is 25.7 Å². The predicted octanol–water partition coefficient (Wildman–Crippen LogP) is 3.19. The summed E-state index contributed by atoms with van der Waals surface area (Å²) in [5.74, 6) is 1.15. The molecule has 0 aromatic carbocycles. The number of amides is 1. The monoisotopic (exact) mass is 280 g/mol. The first-order valence-corrected chi connectivity index (χ1v) is 8.53. The number of hydrogen-bond donors (Lipinski definition) is 1. The van der Waals surface area contributed by atoms with Gasteiger partial charge in [-0.1, -0.05) is 33.6 Å². The number of hydrogen-bond acceptors (Lipinski definition) is 2. The van der Waals surface area contributed by atoms with Crippen LogP contribution in [0, 0.1) is 11.3 Å². The minimum absolute atomic E-state index is 0.325. The molecule has 0 aromatic heterocycles. The molecular formula is C17H32N2O. The first kappa shape index (κ1) is 15.8. The molecule has 1 saturated carbocycles. The van der Waals surface area contributed by atoms with Crippen molar-refractivity contribution in [1.29, 1.82) is 0 Å². The van der Waals surface area contributed by atoms with E-state index in [9.17, 15) is 4.79 Å². The molecule has 1 amide bonds. The summed E-state index contributed by atoms with van der Waals surface area (Å²) in [5, 5.41) is 3.64. The highest BCUT2D eigenvalue weighted by molar-refractivity contribution is 5.76. The van der Waals surface area contributed by atoms with Gasteiger partial charge in [0.2, 0.25) is 5.91 Å². The van der Waals surface area contributed by atoms with Crippen molar-refractivity contribution in [2.45, 2.75) is 71.8 Å². The maximum absolute atomic E-state index is 12.4. The van der Waals surface area contributed by atoms with Gasteiger partial charge in [-0.2, -0.15) is 0 Å². The van der Waals surface area contributed by atoms with Crippen molar-refractivity contribution in [3.63, 3.8) is 0 Å². The molecule has 1 atom stereocenters. The number of nitrogens with one attached hydrogen (secondary N) is 1. The molecule has 116 valence electrons. The summed E-state index contributed by atoms with van der Waals surface area (Å²) >= 11 is 0. The molecule has 3 heteroatoms. The number of likely N-dealkylation sites (tertiary alicyclic amines) is 1. The van der Waals surface area contributed by atoms with Gasteiger partial charge in [-0.25, -0.2) is 0 Å². The van der Waals surface area contributed by atoms with Gasteiger partial charge in [0.25, 0.3) is 0 Å². The lowest BCUT2D eigenvalue weighted by molar-refractivity contribution is -0.131. The predicted molar refractivity (Wildman–Crippen MR) is 83.6 cm³/mol. The molecule has 20 heavy (non-hydrogen) atoms. The Bertz CT molecular complexity index is 321. The van der Waals surface area contributed by atoms with E-state index >= 15 is 0 Å². The number of carbonyl (C=O) groups is 1. The van der Waals surface area contributed by atoms with Crippen LogP contribution < -0.4 is 5.32 Å². The first-order valence-electron chi connectivity index (χ1n) is 8.53. The molecule has 2 aliphatic rings. The van der Waals surface area contributed by atoms with E-state index < -0.39 is 0 Å². The lowest BCUT2D eigenvalue weighted by Gasteiger charge is -2.31. The summed E-state index contributed by atoms with van der Waals surface area (Å²) in [7, 11) is 0. The molecule has 1 aliphatic carbocycles. The molecule has 1 heterocycles. The van der Waals surface area contributed by atoms with Crippen LogP contribution in [-0.2, 0) is 4.79 Å². The highest BCUT2D eigenvalue weighted by atomic mass is 16.2. The SMILES string of the molecule is CCNC(CN1CCC(C)(C)CCC1=O)C1CCCC1. The number of carbonyl (C=O) groups excluding carboxylic acids is 1. The summed E-state index contributed by atoms with van der Waals surface area (Å²) in [6, 6.07) is 0.507. The zero-order valence-electron chi connectivity index (χ0n) is 13.6. The van der Waals surface area contributed by atoms with Crippen molar-refractivity contribution in [2.24, 2.45) is 11.3 Å². The molecule has 0 bridgehead atoms. The van der Waals surface area contributed by atoms with E-state index in [0.29, 0.717) is 17.4 Å². The van der Waals surface area contributed by atoms with Crippen LogP contribution in [0.5, 0.6) is 0 Å². The van der Waals surface area contributed by atoms with Crippen molar-refractivity contribution >= 4 is 5.91 Å². The molecule has 1 saturated heterocycles. The van der Waals surface area contributed by atoms with Gasteiger partial charge in [-0.05, 0) is 43.6 Å². The third-order valence-electron chi connectivity index (χ3n) is 5.28. The van der Waals surface area contributed by atoms with Gasteiger partial charge in [0, 0.05) is 25.6 Å². The zero-order chi connectivity index (χ0) is 14.6. The molecule has 3 nitrogen and oxygen atoms in total. The van der Waals surface area contributed by atoms with Gasteiger partial charge in [0.1, 0.15) is 0 Å². The van der Waals surface area contributed by atoms with Crippen LogP contribution in [0.3, 0.4) is 0 Å². The fourth-order valence-corrected chi connectivity index (χ4v) is 3.72. The number of rotatable bonds is 5. The minimum Gasteiger partial charge on any atom is -0.341 e. The third-order valence-corrected chi connectivity index (χ3v) is 5.28. The van der Waals surface area contributed by atoms with Crippen molar-refractivity contribution < 1.29 is 4.79 Å². The lowest BCUT2D eigenvalue weighted by Crippen LogP contribution is -2.47. The smallest absolute Gasteiger partial charge is 0.222 e. The Morgan fingerprint density at radius 2 is 2.00 bits per heavy atom. The van der Waals surface area contributed by atoms with Crippen LogP contribution in [0.1, 0.15) is 65.7 Å². The fraction of sp³-hybridized carbons (Fsp3) is 0.941. The third kappa shape index (κ3) is 4.21. The topological polar surface area (TPSA) is 32.3 Å². The van der Waals surface area contributed by atoms with Gasteiger partial charge < -0.3 is 10.2 Å². The molecule has 1 N–H and O–H groups in total. The molecule has 0 radical (unpaired) electrons. The Hall–Kier alpha value is -0.570. The highest BCUT2D eigenvalue weighted by Gasteiger charge is 2.31. The molecule has 1 unspecified atom stereocenters. The fourth-order valence-electron chi connectivity index (χ4n) is 3.72. The second-order valence-corrected chi connectivity index (χ2v) is 7.46. The van der Waals surface area contributed by atoms with E-state index in [1.807, 2.05) is 0 Å². The maximum atomic E-state index is 12.4. The molecule has 0 spiro atoms. The van der Waals surface area contributed by atoms with E-state index in [2.05, 4.69) is 31.0 Å². The van der Waals surface area contributed by atoms with E-state index in [-0.39, 0.29) is 0 Å². The summed E-state index contributed by atoms with van der Waals surface area (Å²) in [6.45, 7) is 9.64. The van der Waals surface area contributed by atoms with Crippen LogP contribution in [0.25, 0.3) is 0 Å². The van der Waals surface area contributed by atoms with Crippen LogP contribution in [0.4, 0.5) is 0 Å². The Kier molecular flexibility index (Phi) is 5.48. The molecule has 2 rings (SSSR count). The van der Waals surface area contributed by atoms with Crippen LogP contribution in [-0.4, -0.2) is 36.5 Å². The summed E-state index contributed by atoms with van der Waals surface area (Å²) in [5.41, 5.74) is 0.325. The highest BCUT2D eigenvalue weighted by Crippen LogP contribution is 2.32. The number of nitrogens with zero attached hydrogens (tertiary/aromatic N) is 1. The minimum atomic E-state index is 0.325. The van der Waals surface area contributed by atoms with Crippen LogP contribution in [0.15, 0.2) is 0 Å². The van der Waals surface area contributed by atoms with Crippen LogP contribution >= 0.6 is 0 Å². The van der Waals surface area contributed by atoms with Crippen molar-refractivity contribution in [3.8, 4) is 0 Å². The van der Waals surface area contributed by atoms with Gasteiger partial charge >= 0.3 is 0 Å². The van der Waals surface area contributed by atoms with E-state index in [1.54, 1.807) is 0 Å².